The van der Waals surface area contributed by atoms with Gasteiger partial charge in [0.15, 0.2) is 11.6 Å². The Balaban J connectivity index is 2.34. The van der Waals surface area contributed by atoms with Gasteiger partial charge in [0.25, 0.3) is 0 Å². The Morgan fingerprint density at radius 1 is 1.14 bits per heavy atom. The number of hydrogen-bond acceptors (Lipinski definition) is 3. The highest BCUT2D eigenvalue weighted by molar-refractivity contribution is 5.50. The number of aliphatic hydroxyl groups excluding tert-OH is 1. The molecule has 0 heterocycles. The number of aliphatic hydroxyl groups is 1. The monoisotopic (exact) mass is 293 g/mol. The molecule has 2 aromatic carbocycles. The molecule has 0 aliphatic heterocycles. The molecule has 2 aromatic rings. The van der Waals surface area contributed by atoms with Crippen molar-refractivity contribution in [1.82, 2.24) is 0 Å². The molecular weight excluding hydrogens is 276 g/mol. The molecule has 2 N–H and O–H groups in total. The highest BCUT2D eigenvalue weighted by Gasteiger charge is 2.30. The first-order valence-electron chi connectivity index (χ1n) is 6.48. The summed E-state index contributed by atoms with van der Waals surface area (Å²) in [7, 11) is 1.56. The smallest absolute Gasteiger partial charge is 0.164 e. The van der Waals surface area contributed by atoms with Crippen LogP contribution in [0.3, 0.4) is 0 Å². The van der Waals surface area contributed by atoms with Gasteiger partial charge in [-0.2, -0.15) is 0 Å². The second-order valence-electron chi connectivity index (χ2n) is 4.95. The summed E-state index contributed by atoms with van der Waals surface area (Å²) in [5.74, 6) is -1.22. The van der Waals surface area contributed by atoms with Crippen LogP contribution in [0, 0.1) is 11.6 Å². The van der Waals surface area contributed by atoms with E-state index in [1.165, 1.54) is 12.1 Å². The van der Waals surface area contributed by atoms with Crippen molar-refractivity contribution in [2.24, 2.45) is 0 Å². The number of halogens is 2. The molecule has 0 saturated heterocycles. The number of nitrogens with one attached hydrogen (secondary N) is 1. The molecule has 0 fully saturated rings. The van der Waals surface area contributed by atoms with Crippen LogP contribution in [-0.4, -0.2) is 18.8 Å². The molecular formula is C16H17F2NO2. The number of hydrogen-bond donors (Lipinski definition) is 2. The van der Waals surface area contributed by atoms with E-state index in [0.717, 1.165) is 6.07 Å². The highest BCUT2D eigenvalue weighted by atomic mass is 19.2. The maximum absolute atomic E-state index is 14.0. The van der Waals surface area contributed by atoms with Crippen LogP contribution in [0.25, 0.3) is 0 Å². The van der Waals surface area contributed by atoms with Gasteiger partial charge in [-0.15, -0.1) is 0 Å². The summed E-state index contributed by atoms with van der Waals surface area (Å²) in [6.45, 7) is 1.22. The molecule has 1 atom stereocenters. The lowest BCUT2D eigenvalue weighted by atomic mass is 9.91. The number of anilines is 1. The van der Waals surface area contributed by atoms with Gasteiger partial charge in [0.1, 0.15) is 5.75 Å². The SMILES string of the molecule is COc1ccc(NC(C)(CO)c2cccc(F)c2F)cc1. The maximum atomic E-state index is 14.0. The van der Waals surface area contributed by atoms with Crippen molar-refractivity contribution >= 4 is 5.69 Å². The van der Waals surface area contributed by atoms with Crippen LogP contribution in [0.5, 0.6) is 5.75 Å². The fourth-order valence-corrected chi connectivity index (χ4v) is 2.11. The van der Waals surface area contributed by atoms with Crippen LogP contribution in [0.2, 0.25) is 0 Å². The number of ether oxygens (including phenoxy) is 1. The summed E-state index contributed by atoms with van der Waals surface area (Å²) in [5, 5.41) is 12.7. The van der Waals surface area contributed by atoms with Gasteiger partial charge in [-0.3, -0.25) is 0 Å². The third kappa shape index (κ3) is 3.13. The van der Waals surface area contributed by atoms with E-state index in [4.69, 9.17) is 4.74 Å². The highest BCUT2D eigenvalue weighted by Crippen LogP contribution is 2.29. The van der Waals surface area contributed by atoms with Crippen LogP contribution >= 0.6 is 0 Å². The first kappa shape index (κ1) is 15.3. The maximum Gasteiger partial charge on any atom is 0.164 e. The molecule has 112 valence electrons. The molecule has 0 aliphatic rings. The standard InChI is InChI=1S/C16H17F2NO2/c1-16(10-20,13-4-3-5-14(17)15(13)18)19-11-6-8-12(21-2)9-7-11/h3-9,19-20H,10H2,1-2H3. The number of methoxy groups -OCH3 is 1. The lowest BCUT2D eigenvalue weighted by Crippen LogP contribution is -2.37. The van der Waals surface area contributed by atoms with Crippen molar-refractivity contribution in [3.63, 3.8) is 0 Å². The Labute approximate surface area is 122 Å². The van der Waals surface area contributed by atoms with Crippen LogP contribution < -0.4 is 10.1 Å². The van der Waals surface area contributed by atoms with Crippen molar-refractivity contribution < 1.29 is 18.6 Å². The van der Waals surface area contributed by atoms with Gasteiger partial charge in [0, 0.05) is 11.3 Å². The van der Waals surface area contributed by atoms with Gasteiger partial charge in [-0.1, -0.05) is 12.1 Å². The molecule has 2 rings (SSSR count). The molecule has 3 nitrogen and oxygen atoms in total. The third-order valence-corrected chi connectivity index (χ3v) is 3.37. The lowest BCUT2D eigenvalue weighted by molar-refractivity contribution is 0.219. The molecule has 1 unspecified atom stereocenters. The first-order chi connectivity index (χ1) is 10.00. The Morgan fingerprint density at radius 2 is 1.81 bits per heavy atom. The fraction of sp³-hybridized carbons (Fsp3) is 0.250. The van der Waals surface area contributed by atoms with Gasteiger partial charge in [0.2, 0.25) is 0 Å². The normalized spacial score (nSPS) is 13.6. The van der Waals surface area contributed by atoms with Crippen LogP contribution in [-0.2, 0) is 5.54 Å². The van der Waals surface area contributed by atoms with Gasteiger partial charge in [-0.25, -0.2) is 8.78 Å². The lowest BCUT2D eigenvalue weighted by Gasteiger charge is -2.31. The third-order valence-electron chi connectivity index (χ3n) is 3.37. The van der Waals surface area contributed by atoms with Gasteiger partial charge >= 0.3 is 0 Å². The summed E-state index contributed by atoms with van der Waals surface area (Å²) in [5.41, 5.74) is -0.405. The quantitative estimate of drug-likeness (QED) is 0.889. The largest absolute Gasteiger partial charge is 0.497 e. The average molecular weight is 293 g/mol. The van der Waals surface area contributed by atoms with E-state index >= 15 is 0 Å². The second kappa shape index (κ2) is 6.10. The Bertz CT molecular complexity index is 616. The minimum atomic E-state index is -1.14. The van der Waals surface area contributed by atoms with Crippen molar-refractivity contribution in [2.75, 3.05) is 19.0 Å². The average Bonchev–Trinajstić information content (AvgIpc) is 2.50. The van der Waals surface area contributed by atoms with E-state index < -0.39 is 17.2 Å². The van der Waals surface area contributed by atoms with Crippen LogP contribution in [0.15, 0.2) is 42.5 Å². The molecule has 0 bridgehead atoms. The summed E-state index contributed by atoms with van der Waals surface area (Å²) >= 11 is 0. The predicted molar refractivity (Wildman–Crippen MR) is 77.4 cm³/mol. The summed E-state index contributed by atoms with van der Waals surface area (Å²) < 4.78 is 32.4. The van der Waals surface area contributed by atoms with Crippen molar-refractivity contribution in [1.29, 1.82) is 0 Å². The minimum absolute atomic E-state index is 0.0702. The second-order valence-corrected chi connectivity index (χ2v) is 4.95. The Hall–Kier alpha value is -2.14. The van der Waals surface area contributed by atoms with Crippen LogP contribution in [0.1, 0.15) is 12.5 Å². The molecule has 0 radical (unpaired) electrons. The molecule has 5 heteroatoms. The summed E-state index contributed by atoms with van der Waals surface area (Å²) in [6.07, 6.45) is 0. The number of benzene rings is 2. The molecule has 21 heavy (non-hydrogen) atoms. The fourth-order valence-electron chi connectivity index (χ4n) is 2.11. The zero-order chi connectivity index (χ0) is 15.5. The molecule has 0 amide bonds. The Morgan fingerprint density at radius 3 is 2.38 bits per heavy atom. The van der Waals surface area contributed by atoms with E-state index in [0.29, 0.717) is 11.4 Å². The van der Waals surface area contributed by atoms with Crippen molar-refractivity contribution in [2.45, 2.75) is 12.5 Å². The van der Waals surface area contributed by atoms with Crippen LogP contribution in [0.4, 0.5) is 14.5 Å². The number of rotatable bonds is 5. The van der Waals surface area contributed by atoms with Gasteiger partial charge in [-0.05, 0) is 37.3 Å². The molecule has 0 aliphatic carbocycles. The zero-order valence-corrected chi connectivity index (χ0v) is 11.9. The predicted octanol–water partition coefficient (Wildman–Crippen LogP) is 3.29. The first-order valence-corrected chi connectivity index (χ1v) is 6.48. The van der Waals surface area contributed by atoms with Gasteiger partial charge in [0.05, 0.1) is 19.3 Å². The van der Waals surface area contributed by atoms with E-state index in [9.17, 15) is 13.9 Å². The van der Waals surface area contributed by atoms with E-state index in [2.05, 4.69) is 5.32 Å². The molecule has 0 aromatic heterocycles. The van der Waals surface area contributed by atoms with E-state index in [-0.39, 0.29) is 12.2 Å². The molecule has 0 spiro atoms. The van der Waals surface area contributed by atoms with Crippen molar-refractivity contribution in [3.05, 3.63) is 59.7 Å². The van der Waals surface area contributed by atoms with Gasteiger partial charge < -0.3 is 15.2 Å². The topological polar surface area (TPSA) is 41.5 Å². The van der Waals surface area contributed by atoms with E-state index in [1.807, 2.05) is 0 Å². The minimum Gasteiger partial charge on any atom is -0.497 e. The summed E-state index contributed by atoms with van der Waals surface area (Å²) in [6, 6.07) is 10.9. The van der Waals surface area contributed by atoms with Crippen molar-refractivity contribution in [3.8, 4) is 5.75 Å². The Kier molecular flexibility index (Phi) is 4.43. The van der Waals surface area contributed by atoms with E-state index in [1.54, 1.807) is 38.3 Å². The zero-order valence-electron chi connectivity index (χ0n) is 11.9. The molecule has 0 saturated carbocycles. The summed E-state index contributed by atoms with van der Waals surface area (Å²) in [4.78, 5) is 0.